The van der Waals surface area contributed by atoms with E-state index in [1.54, 1.807) is 22.9 Å². The first-order valence-corrected chi connectivity index (χ1v) is 7.66. The number of nitrogens with zero attached hydrogens (tertiary/aromatic N) is 5. The van der Waals surface area contributed by atoms with E-state index in [1.165, 1.54) is 18.2 Å². The second-order valence-electron chi connectivity index (χ2n) is 5.24. The molecule has 0 aliphatic rings. The average Bonchev–Trinajstić information content (AvgIpc) is 3.14. The molecule has 0 spiro atoms. The number of nitrogens with one attached hydrogen (secondary N) is 1. The predicted molar refractivity (Wildman–Crippen MR) is 93.1 cm³/mol. The first kappa shape index (κ1) is 17.0. The fourth-order valence-corrected chi connectivity index (χ4v) is 2.19. The van der Waals surface area contributed by atoms with Crippen molar-refractivity contribution in [2.45, 2.75) is 6.54 Å². The molecule has 3 aromatic rings. The minimum atomic E-state index is -0.475. The third-order valence-electron chi connectivity index (χ3n) is 3.49. The summed E-state index contributed by atoms with van der Waals surface area (Å²) in [6.45, 7) is 0.158. The molecule has 9 heteroatoms. The molecule has 0 bridgehead atoms. The largest absolute Gasteiger partial charge is 0.345 e. The van der Waals surface area contributed by atoms with Crippen molar-refractivity contribution in [1.29, 1.82) is 0 Å². The van der Waals surface area contributed by atoms with Crippen molar-refractivity contribution in [1.82, 2.24) is 25.5 Å². The molecule has 0 atom stereocenters. The highest BCUT2D eigenvalue weighted by Gasteiger charge is 2.08. The average molecular weight is 350 g/mol. The summed E-state index contributed by atoms with van der Waals surface area (Å²) >= 11 is 0. The van der Waals surface area contributed by atoms with Crippen molar-refractivity contribution in [2.75, 3.05) is 0 Å². The number of nitro groups is 1. The predicted octanol–water partition coefficient (Wildman–Crippen LogP) is 1.90. The van der Waals surface area contributed by atoms with Crippen molar-refractivity contribution >= 4 is 17.7 Å². The Kier molecular flexibility index (Phi) is 5.08. The normalized spacial score (nSPS) is 10.8. The fraction of sp³-hybridized carbons (Fsp3) is 0.0588. The van der Waals surface area contributed by atoms with Crippen LogP contribution in [0.1, 0.15) is 11.4 Å². The summed E-state index contributed by atoms with van der Waals surface area (Å²) in [7, 11) is 0. The van der Waals surface area contributed by atoms with Crippen LogP contribution in [0.15, 0.2) is 60.7 Å². The van der Waals surface area contributed by atoms with Gasteiger partial charge in [-0.3, -0.25) is 14.9 Å². The molecular weight excluding hydrogens is 336 g/mol. The van der Waals surface area contributed by atoms with Crippen molar-refractivity contribution in [3.8, 4) is 5.69 Å². The minimum Gasteiger partial charge on any atom is -0.345 e. The Balaban J connectivity index is 1.60. The molecule has 9 nitrogen and oxygen atoms in total. The van der Waals surface area contributed by atoms with E-state index in [2.05, 4.69) is 20.8 Å². The zero-order valence-corrected chi connectivity index (χ0v) is 13.5. The highest BCUT2D eigenvalue weighted by molar-refractivity contribution is 5.91. The zero-order chi connectivity index (χ0) is 18.4. The number of hydrogen-bond acceptors (Lipinski definition) is 6. The molecule has 0 fully saturated rings. The van der Waals surface area contributed by atoms with Gasteiger partial charge in [-0.1, -0.05) is 18.2 Å². The second-order valence-corrected chi connectivity index (χ2v) is 5.24. The van der Waals surface area contributed by atoms with E-state index in [-0.39, 0.29) is 18.1 Å². The van der Waals surface area contributed by atoms with E-state index in [0.717, 1.165) is 5.69 Å². The molecule has 130 valence electrons. The van der Waals surface area contributed by atoms with Crippen molar-refractivity contribution in [3.05, 3.63) is 82.2 Å². The van der Waals surface area contributed by atoms with Gasteiger partial charge >= 0.3 is 0 Å². The van der Waals surface area contributed by atoms with Gasteiger partial charge < -0.3 is 5.32 Å². The summed E-state index contributed by atoms with van der Waals surface area (Å²) in [5.74, 6) is 0.166. The first-order chi connectivity index (χ1) is 12.6. The number of rotatable bonds is 6. The third kappa shape index (κ3) is 4.15. The topological polar surface area (TPSA) is 116 Å². The van der Waals surface area contributed by atoms with E-state index in [9.17, 15) is 14.9 Å². The summed E-state index contributed by atoms with van der Waals surface area (Å²) in [5.41, 5.74) is 1.47. The Hall–Kier alpha value is -3.88. The highest BCUT2D eigenvalue weighted by atomic mass is 16.6. The molecule has 2 aromatic carbocycles. The van der Waals surface area contributed by atoms with Crippen LogP contribution in [0.3, 0.4) is 0 Å². The maximum atomic E-state index is 12.0. The molecule has 0 unspecified atom stereocenters. The Morgan fingerprint density at radius 1 is 1.15 bits per heavy atom. The number of amides is 1. The zero-order valence-electron chi connectivity index (χ0n) is 13.5. The number of non-ortho nitro benzene ring substituents is 1. The Bertz CT molecular complexity index is 935. The van der Waals surface area contributed by atoms with Gasteiger partial charge in [-0.2, -0.15) is 4.68 Å². The fourth-order valence-electron chi connectivity index (χ4n) is 2.19. The van der Waals surface area contributed by atoms with Crippen LogP contribution < -0.4 is 5.32 Å². The molecule has 0 aliphatic heterocycles. The van der Waals surface area contributed by atoms with Gasteiger partial charge in [0.15, 0.2) is 5.82 Å². The smallest absolute Gasteiger partial charge is 0.269 e. The molecule has 1 amide bonds. The summed E-state index contributed by atoms with van der Waals surface area (Å²) in [5, 5.41) is 24.8. The number of carbonyl (C=O) groups is 1. The van der Waals surface area contributed by atoms with Crippen molar-refractivity contribution in [3.63, 3.8) is 0 Å². The van der Waals surface area contributed by atoms with Crippen LogP contribution >= 0.6 is 0 Å². The number of benzene rings is 2. The van der Waals surface area contributed by atoms with Gasteiger partial charge in [0.2, 0.25) is 5.91 Å². The van der Waals surface area contributed by atoms with Gasteiger partial charge in [-0.15, -0.1) is 5.10 Å². The molecule has 0 radical (unpaired) electrons. The SMILES string of the molecule is O=C(/C=C\c1ccc([N+](=O)[O-])cc1)NCc1nnnn1-c1ccccc1. The molecule has 1 N–H and O–H groups in total. The number of tetrazole rings is 1. The lowest BCUT2D eigenvalue weighted by atomic mass is 10.2. The molecule has 1 heterocycles. The van der Waals surface area contributed by atoms with Gasteiger partial charge in [0.25, 0.3) is 5.69 Å². The lowest BCUT2D eigenvalue weighted by Crippen LogP contribution is -2.22. The van der Waals surface area contributed by atoms with E-state index < -0.39 is 4.92 Å². The van der Waals surface area contributed by atoms with Gasteiger partial charge in [-0.05, 0) is 46.3 Å². The molecule has 26 heavy (non-hydrogen) atoms. The van der Waals surface area contributed by atoms with Crippen LogP contribution in [-0.4, -0.2) is 31.0 Å². The summed E-state index contributed by atoms with van der Waals surface area (Å²) in [4.78, 5) is 22.1. The van der Waals surface area contributed by atoms with Crippen LogP contribution in [0.5, 0.6) is 0 Å². The van der Waals surface area contributed by atoms with Crippen LogP contribution in [0, 0.1) is 10.1 Å². The summed E-state index contributed by atoms with van der Waals surface area (Å²) in [6, 6.07) is 15.2. The van der Waals surface area contributed by atoms with E-state index in [1.807, 2.05) is 30.3 Å². The number of carbonyl (C=O) groups excluding carboxylic acids is 1. The monoisotopic (exact) mass is 350 g/mol. The maximum Gasteiger partial charge on any atom is 0.269 e. The number of para-hydroxylation sites is 1. The van der Waals surface area contributed by atoms with Gasteiger partial charge in [0.1, 0.15) is 0 Å². The molecule has 0 saturated heterocycles. The molecule has 1 aromatic heterocycles. The second kappa shape index (κ2) is 7.79. The summed E-state index contributed by atoms with van der Waals surface area (Å²) < 4.78 is 1.54. The lowest BCUT2D eigenvalue weighted by Gasteiger charge is -2.04. The lowest BCUT2D eigenvalue weighted by molar-refractivity contribution is -0.384. The van der Waals surface area contributed by atoms with Crippen LogP contribution in [-0.2, 0) is 11.3 Å². The third-order valence-corrected chi connectivity index (χ3v) is 3.49. The van der Waals surface area contributed by atoms with Gasteiger partial charge in [-0.25, -0.2) is 0 Å². The van der Waals surface area contributed by atoms with Gasteiger partial charge in [0, 0.05) is 18.2 Å². The van der Waals surface area contributed by atoms with Crippen LogP contribution in [0.2, 0.25) is 0 Å². The molecular formula is C17H14N6O3. The standard InChI is InChI=1S/C17H14N6O3/c24-17(11-8-13-6-9-15(10-7-13)23(25)26)18-12-16-19-20-21-22(16)14-4-2-1-3-5-14/h1-11H,12H2,(H,18,24)/b11-8-. The maximum absolute atomic E-state index is 12.0. The summed E-state index contributed by atoms with van der Waals surface area (Å²) in [6.07, 6.45) is 2.91. The minimum absolute atomic E-state index is 0.000602. The van der Waals surface area contributed by atoms with Crippen LogP contribution in [0.25, 0.3) is 11.8 Å². The molecule has 0 aliphatic carbocycles. The number of hydrogen-bond donors (Lipinski definition) is 1. The first-order valence-electron chi connectivity index (χ1n) is 7.66. The molecule has 3 rings (SSSR count). The van der Waals surface area contributed by atoms with Gasteiger partial charge in [0.05, 0.1) is 17.2 Å². The number of aromatic nitrogens is 4. The number of nitro benzene ring substituents is 1. The van der Waals surface area contributed by atoms with E-state index >= 15 is 0 Å². The van der Waals surface area contributed by atoms with E-state index in [0.29, 0.717) is 11.4 Å². The van der Waals surface area contributed by atoms with Crippen molar-refractivity contribution < 1.29 is 9.72 Å². The Morgan fingerprint density at radius 3 is 2.58 bits per heavy atom. The van der Waals surface area contributed by atoms with Crippen LogP contribution in [0.4, 0.5) is 5.69 Å². The quantitative estimate of drug-likeness (QED) is 0.412. The highest BCUT2D eigenvalue weighted by Crippen LogP contribution is 2.12. The van der Waals surface area contributed by atoms with Crippen molar-refractivity contribution in [2.24, 2.45) is 0 Å². The Morgan fingerprint density at radius 2 is 1.88 bits per heavy atom. The molecule has 0 saturated carbocycles. The Labute approximate surface area is 148 Å². The van der Waals surface area contributed by atoms with E-state index in [4.69, 9.17) is 0 Å².